The van der Waals surface area contributed by atoms with E-state index < -0.39 is 5.41 Å². The lowest BCUT2D eigenvalue weighted by atomic mass is 9.72. The zero-order chi connectivity index (χ0) is 25.6. The fraction of sp³-hybridized carbons (Fsp3) is 0.250. The van der Waals surface area contributed by atoms with Gasteiger partial charge in [-0.2, -0.15) is 0 Å². The quantitative estimate of drug-likeness (QED) is 0.376. The molecule has 4 nitrogen and oxygen atoms in total. The first-order valence-electron chi connectivity index (χ1n) is 12.4. The minimum Gasteiger partial charge on any atom is -0.506 e. The number of carbonyl (C=O) groups is 1. The predicted octanol–water partition coefficient (Wildman–Crippen LogP) is 7.59. The van der Waals surface area contributed by atoms with Crippen LogP contribution in [0.1, 0.15) is 52.7 Å². The summed E-state index contributed by atoms with van der Waals surface area (Å²) in [5.74, 6) is -0.0572. The third-order valence-corrected chi connectivity index (χ3v) is 8.25. The van der Waals surface area contributed by atoms with E-state index in [0.29, 0.717) is 11.1 Å². The molecule has 3 aromatic carbocycles. The summed E-state index contributed by atoms with van der Waals surface area (Å²) in [4.78, 5) is 18.5. The molecule has 0 atom stereocenters. The average molecular weight is 475 g/mol. The van der Waals surface area contributed by atoms with Crippen LogP contribution in [0.5, 0.6) is 0 Å². The molecular weight excluding hydrogens is 444 g/mol. The number of nitrogens with one attached hydrogen (secondary N) is 1. The standard InChI is InChI=1S/C32H30N2O2/c1-17(29-31(3,4)21-13-9-10-14-22(21)33-29)24-27(35)25(28(24)36)18(2)30-32(5,6)26-20-12-8-7-11-19(20)15-16-23(26)34-30/h7-16,33,35H,1-6H3/b25-18?,29-17+. The number of aliphatic imine (C=N–C) groups is 1. The van der Waals surface area contributed by atoms with Crippen LogP contribution in [0, 0.1) is 0 Å². The van der Waals surface area contributed by atoms with E-state index in [1.807, 2.05) is 50.2 Å². The number of allylic oxidation sites excluding steroid dienone is 5. The molecule has 3 aliphatic rings. The van der Waals surface area contributed by atoms with E-state index >= 15 is 0 Å². The van der Waals surface area contributed by atoms with Crippen LogP contribution in [-0.2, 0) is 15.6 Å². The summed E-state index contributed by atoms with van der Waals surface area (Å²) in [6.07, 6.45) is 0. The first-order chi connectivity index (χ1) is 17.0. The summed E-state index contributed by atoms with van der Waals surface area (Å²) in [5.41, 5.74) is 7.73. The van der Waals surface area contributed by atoms with Crippen LogP contribution in [0.3, 0.4) is 0 Å². The second-order valence-electron chi connectivity index (χ2n) is 11.1. The van der Waals surface area contributed by atoms with Crippen molar-refractivity contribution >= 4 is 33.6 Å². The first-order valence-corrected chi connectivity index (χ1v) is 12.4. The number of benzene rings is 3. The number of nitrogens with zero attached hydrogens (tertiary/aromatic N) is 1. The van der Waals surface area contributed by atoms with Gasteiger partial charge in [-0.3, -0.25) is 9.79 Å². The highest BCUT2D eigenvalue weighted by Crippen LogP contribution is 2.50. The Kier molecular flexibility index (Phi) is 4.57. The molecular formula is C32H30N2O2. The van der Waals surface area contributed by atoms with Gasteiger partial charge in [-0.25, -0.2) is 0 Å². The number of para-hydroxylation sites is 1. The molecule has 0 bridgehead atoms. The fourth-order valence-electron chi connectivity index (χ4n) is 6.41. The molecule has 0 amide bonds. The van der Waals surface area contributed by atoms with Crippen molar-refractivity contribution in [1.82, 2.24) is 0 Å². The summed E-state index contributed by atoms with van der Waals surface area (Å²) in [6, 6.07) is 20.7. The van der Waals surface area contributed by atoms with E-state index in [1.54, 1.807) is 0 Å². The van der Waals surface area contributed by atoms with Crippen molar-refractivity contribution in [3.63, 3.8) is 0 Å². The van der Waals surface area contributed by atoms with Gasteiger partial charge in [0.1, 0.15) is 5.76 Å². The summed E-state index contributed by atoms with van der Waals surface area (Å²) >= 11 is 0. The Bertz CT molecular complexity index is 1640. The van der Waals surface area contributed by atoms with Crippen molar-refractivity contribution in [2.45, 2.75) is 52.4 Å². The first kappa shape index (κ1) is 22.5. The van der Waals surface area contributed by atoms with Gasteiger partial charge in [0.05, 0.1) is 22.5 Å². The third-order valence-electron chi connectivity index (χ3n) is 8.25. The Morgan fingerprint density at radius 2 is 1.56 bits per heavy atom. The van der Waals surface area contributed by atoms with Gasteiger partial charge in [-0.15, -0.1) is 0 Å². The highest BCUT2D eigenvalue weighted by molar-refractivity contribution is 6.27. The molecule has 0 saturated heterocycles. The van der Waals surface area contributed by atoms with Crippen molar-refractivity contribution in [1.29, 1.82) is 0 Å². The van der Waals surface area contributed by atoms with E-state index in [0.717, 1.165) is 33.9 Å². The number of Topliss-reactive ketones (excluding diaryl/α,β-unsaturated/α-hetero) is 1. The van der Waals surface area contributed by atoms with E-state index in [2.05, 4.69) is 57.3 Å². The molecule has 2 N–H and O–H groups in total. The van der Waals surface area contributed by atoms with Crippen molar-refractivity contribution in [3.8, 4) is 0 Å². The molecule has 0 spiro atoms. The molecule has 180 valence electrons. The van der Waals surface area contributed by atoms with Crippen LogP contribution in [0.2, 0.25) is 0 Å². The Morgan fingerprint density at radius 1 is 0.861 bits per heavy atom. The van der Waals surface area contributed by atoms with Gasteiger partial charge in [0.2, 0.25) is 5.78 Å². The lowest BCUT2D eigenvalue weighted by Crippen LogP contribution is -2.33. The van der Waals surface area contributed by atoms with Crippen LogP contribution >= 0.6 is 0 Å². The van der Waals surface area contributed by atoms with Gasteiger partial charge >= 0.3 is 0 Å². The number of hydrogen-bond acceptors (Lipinski definition) is 4. The zero-order valence-corrected chi connectivity index (χ0v) is 21.6. The Labute approximate surface area is 211 Å². The van der Waals surface area contributed by atoms with Gasteiger partial charge in [0, 0.05) is 22.2 Å². The zero-order valence-electron chi connectivity index (χ0n) is 21.6. The maximum Gasteiger partial charge on any atom is 0.201 e. The number of carbonyl (C=O) groups excluding carboxylic acids is 1. The SMILES string of the molecule is CC(C1=Nc2ccc3ccccc3c2C1(C)C)=C1C(=O)C(/C(C)=C2/Nc3ccccc3C2(C)C)=C1O. The molecule has 6 rings (SSSR count). The smallest absolute Gasteiger partial charge is 0.201 e. The molecule has 0 radical (unpaired) electrons. The maximum atomic E-state index is 13.6. The van der Waals surface area contributed by atoms with Crippen molar-refractivity contribution in [2.75, 3.05) is 5.32 Å². The molecule has 0 aromatic heterocycles. The summed E-state index contributed by atoms with van der Waals surface area (Å²) in [5, 5.41) is 17.1. The van der Waals surface area contributed by atoms with Crippen molar-refractivity contribution < 1.29 is 9.90 Å². The second-order valence-corrected chi connectivity index (χ2v) is 11.1. The predicted molar refractivity (Wildman–Crippen MR) is 147 cm³/mol. The number of ketones is 1. The Hall–Kier alpha value is -3.92. The molecule has 36 heavy (non-hydrogen) atoms. The Morgan fingerprint density at radius 3 is 2.28 bits per heavy atom. The second kappa shape index (κ2) is 7.30. The molecule has 4 heteroatoms. The highest BCUT2D eigenvalue weighted by Gasteiger charge is 2.45. The third kappa shape index (κ3) is 2.81. The molecule has 2 heterocycles. The number of fused-ring (bicyclic) bond motifs is 4. The van der Waals surface area contributed by atoms with Crippen LogP contribution in [0.4, 0.5) is 11.4 Å². The molecule has 3 aromatic rings. The molecule has 1 aliphatic carbocycles. The topological polar surface area (TPSA) is 61.7 Å². The number of aliphatic hydroxyl groups is 1. The normalized spacial score (nSPS) is 22.1. The van der Waals surface area contributed by atoms with Crippen molar-refractivity contribution in [3.05, 3.63) is 106 Å². The monoisotopic (exact) mass is 474 g/mol. The fourth-order valence-corrected chi connectivity index (χ4v) is 6.41. The number of anilines is 1. The van der Waals surface area contributed by atoms with Crippen LogP contribution in [0.25, 0.3) is 10.8 Å². The van der Waals surface area contributed by atoms with E-state index in [4.69, 9.17) is 4.99 Å². The maximum absolute atomic E-state index is 13.6. The number of hydrogen-bond donors (Lipinski definition) is 2. The number of aliphatic hydroxyl groups excluding tert-OH is 1. The largest absolute Gasteiger partial charge is 0.506 e. The van der Waals surface area contributed by atoms with E-state index in [-0.39, 0.29) is 17.0 Å². The minimum absolute atomic E-state index is 0.0652. The van der Waals surface area contributed by atoms with Gasteiger partial charge in [-0.05, 0) is 59.0 Å². The van der Waals surface area contributed by atoms with Crippen LogP contribution in [-0.4, -0.2) is 16.6 Å². The van der Waals surface area contributed by atoms with E-state index in [1.165, 1.54) is 21.9 Å². The lowest BCUT2D eigenvalue weighted by molar-refractivity contribution is -0.113. The van der Waals surface area contributed by atoms with Crippen molar-refractivity contribution in [2.24, 2.45) is 4.99 Å². The summed E-state index contributed by atoms with van der Waals surface area (Å²) in [6.45, 7) is 12.4. The minimum atomic E-state index is -0.395. The van der Waals surface area contributed by atoms with Gasteiger partial charge in [0.25, 0.3) is 0 Å². The van der Waals surface area contributed by atoms with Crippen LogP contribution < -0.4 is 5.32 Å². The van der Waals surface area contributed by atoms with E-state index in [9.17, 15) is 9.90 Å². The average Bonchev–Trinajstić information content (AvgIpc) is 3.28. The molecule has 0 saturated carbocycles. The molecule has 2 aliphatic heterocycles. The Balaban J connectivity index is 1.44. The van der Waals surface area contributed by atoms with Crippen LogP contribution in [0.15, 0.2) is 99.4 Å². The highest BCUT2D eigenvalue weighted by atomic mass is 16.3. The number of rotatable bonds is 2. The summed E-state index contributed by atoms with van der Waals surface area (Å²) < 4.78 is 0. The van der Waals surface area contributed by atoms with Gasteiger partial charge < -0.3 is 10.4 Å². The lowest BCUT2D eigenvalue weighted by Gasteiger charge is -2.30. The molecule has 0 unspecified atom stereocenters. The summed E-state index contributed by atoms with van der Waals surface area (Å²) in [7, 11) is 0. The van der Waals surface area contributed by atoms with Gasteiger partial charge in [-0.1, -0.05) is 76.2 Å². The van der Waals surface area contributed by atoms with Gasteiger partial charge in [0.15, 0.2) is 0 Å². The molecule has 0 fully saturated rings.